The van der Waals surface area contributed by atoms with Gasteiger partial charge < -0.3 is 15.7 Å². The summed E-state index contributed by atoms with van der Waals surface area (Å²) in [5.41, 5.74) is 1.36. The van der Waals surface area contributed by atoms with Crippen molar-refractivity contribution in [3.8, 4) is 0 Å². The molecule has 2 aromatic carbocycles. The van der Waals surface area contributed by atoms with Crippen LogP contribution in [0.3, 0.4) is 0 Å². The van der Waals surface area contributed by atoms with Gasteiger partial charge in [0.05, 0.1) is 5.60 Å². The van der Waals surface area contributed by atoms with Crippen LogP contribution in [0, 0.1) is 11.8 Å². The second kappa shape index (κ2) is 7.24. The van der Waals surface area contributed by atoms with Crippen LogP contribution < -0.4 is 10.6 Å². The Balaban J connectivity index is 1.21. The number of aliphatic hydroxyl groups is 1. The number of hydrogen-bond donors (Lipinski definition) is 3. The Bertz CT molecular complexity index is 940. The summed E-state index contributed by atoms with van der Waals surface area (Å²) in [6.45, 7) is 0.413. The largest absolute Gasteiger partial charge is 0.390 e. The van der Waals surface area contributed by atoms with Crippen molar-refractivity contribution in [2.45, 2.75) is 56.2 Å². The molecule has 2 amide bonds. The van der Waals surface area contributed by atoms with Gasteiger partial charge in [0.1, 0.15) is 0 Å². The van der Waals surface area contributed by atoms with Crippen LogP contribution in [-0.2, 0) is 6.54 Å². The van der Waals surface area contributed by atoms with Crippen LogP contribution in [0.4, 0.5) is 0 Å². The van der Waals surface area contributed by atoms with Gasteiger partial charge >= 0.3 is 0 Å². The third kappa shape index (κ3) is 3.74. The molecule has 4 aliphatic rings. The zero-order valence-corrected chi connectivity index (χ0v) is 17.1. The van der Waals surface area contributed by atoms with E-state index in [4.69, 9.17) is 0 Å². The van der Waals surface area contributed by atoms with E-state index >= 15 is 0 Å². The first kappa shape index (κ1) is 19.3. The molecule has 2 unspecified atom stereocenters. The lowest BCUT2D eigenvalue weighted by atomic mass is 9.51. The molecule has 156 valence electrons. The standard InChI is InChI=1S/C25H28N2O3/c28-22(20-4-2-1-3-5-20)26-15-17-6-8-21(9-7-17)23(29)27-24-11-18-10-19(12-24)14-25(30,13-18)16-24/h1-9,18-19,30H,10-16H2,(H,26,28)(H,27,29). The van der Waals surface area contributed by atoms with Crippen molar-refractivity contribution in [3.05, 3.63) is 71.3 Å². The molecule has 4 fully saturated rings. The fourth-order valence-electron chi connectivity index (χ4n) is 6.32. The maximum Gasteiger partial charge on any atom is 0.251 e. The van der Waals surface area contributed by atoms with E-state index < -0.39 is 5.60 Å². The van der Waals surface area contributed by atoms with Crippen molar-refractivity contribution in [3.63, 3.8) is 0 Å². The second-order valence-corrected chi connectivity index (χ2v) is 9.67. The fourth-order valence-corrected chi connectivity index (χ4v) is 6.32. The Morgan fingerprint density at radius 1 is 0.867 bits per heavy atom. The molecule has 3 N–H and O–H groups in total. The van der Waals surface area contributed by atoms with Gasteiger partial charge in [-0.05, 0) is 80.2 Å². The minimum Gasteiger partial charge on any atom is -0.390 e. The highest BCUT2D eigenvalue weighted by Gasteiger charge is 2.57. The van der Waals surface area contributed by atoms with Gasteiger partial charge in [-0.1, -0.05) is 30.3 Å². The monoisotopic (exact) mass is 404 g/mol. The van der Waals surface area contributed by atoms with E-state index in [9.17, 15) is 14.7 Å². The molecule has 0 aromatic heterocycles. The molecular weight excluding hydrogens is 376 g/mol. The first-order valence-corrected chi connectivity index (χ1v) is 10.9. The van der Waals surface area contributed by atoms with Gasteiger partial charge in [-0.25, -0.2) is 0 Å². The summed E-state index contributed by atoms with van der Waals surface area (Å²) in [5, 5.41) is 17.1. The number of benzene rings is 2. The highest BCUT2D eigenvalue weighted by atomic mass is 16.3. The molecule has 0 heterocycles. The quantitative estimate of drug-likeness (QED) is 0.714. The first-order chi connectivity index (χ1) is 14.4. The van der Waals surface area contributed by atoms with Crippen LogP contribution in [0.1, 0.15) is 64.8 Å². The zero-order chi connectivity index (χ0) is 20.8. The molecule has 0 aliphatic heterocycles. The van der Waals surface area contributed by atoms with Gasteiger partial charge in [0, 0.05) is 23.2 Å². The van der Waals surface area contributed by atoms with E-state index in [0.717, 1.165) is 31.2 Å². The lowest BCUT2D eigenvalue weighted by Crippen LogP contribution is -2.65. The van der Waals surface area contributed by atoms with Crippen molar-refractivity contribution in [2.75, 3.05) is 0 Å². The van der Waals surface area contributed by atoms with Crippen LogP contribution in [0.2, 0.25) is 0 Å². The van der Waals surface area contributed by atoms with Gasteiger partial charge in [0.15, 0.2) is 0 Å². The minimum absolute atomic E-state index is 0.0691. The summed E-state index contributed by atoms with van der Waals surface area (Å²) in [7, 11) is 0. The number of amides is 2. The number of hydrogen-bond acceptors (Lipinski definition) is 3. The molecule has 5 nitrogen and oxygen atoms in total. The van der Waals surface area contributed by atoms with Crippen molar-refractivity contribution < 1.29 is 14.7 Å². The highest BCUT2D eigenvalue weighted by molar-refractivity contribution is 5.95. The molecule has 0 spiro atoms. The number of rotatable bonds is 5. The Morgan fingerprint density at radius 2 is 1.50 bits per heavy atom. The summed E-state index contributed by atoms with van der Waals surface area (Å²) in [6.07, 6.45) is 5.64. The Labute approximate surface area is 176 Å². The molecular formula is C25H28N2O3. The average molecular weight is 405 g/mol. The van der Waals surface area contributed by atoms with Crippen LogP contribution in [0.15, 0.2) is 54.6 Å². The molecule has 30 heavy (non-hydrogen) atoms. The second-order valence-electron chi connectivity index (χ2n) is 9.67. The number of carbonyl (C=O) groups excluding carboxylic acids is 2. The normalized spacial score (nSPS) is 31.4. The van der Waals surface area contributed by atoms with Crippen LogP contribution >= 0.6 is 0 Å². The SMILES string of the molecule is O=C(NCc1ccc(C(=O)NC23CC4CC(CC(O)(C4)C2)C3)cc1)c1ccccc1. The molecule has 4 saturated carbocycles. The zero-order valence-electron chi connectivity index (χ0n) is 17.1. The van der Waals surface area contributed by atoms with Crippen LogP contribution in [0.25, 0.3) is 0 Å². The average Bonchev–Trinajstić information content (AvgIpc) is 2.71. The summed E-state index contributed by atoms with van der Waals surface area (Å²) in [4.78, 5) is 25.1. The summed E-state index contributed by atoms with van der Waals surface area (Å²) < 4.78 is 0. The van der Waals surface area contributed by atoms with Gasteiger partial charge in [-0.3, -0.25) is 9.59 Å². The Kier molecular flexibility index (Phi) is 4.66. The minimum atomic E-state index is -0.585. The Morgan fingerprint density at radius 3 is 2.13 bits per heavy atom. The molecule has 6 rings (SSSR count). The number of nitrogens with one attached hydrogen (secondary N) is 2. The van der Waals surface area contributed by atoms with E-state index in [-0.39, 0.29) is 17.4 Å². The molecule has 4 aliphatic carbocycles. The lowest BCUT2D eigenvalue weighted by Gasteiger charge is -2.60. The Hall–Kier alpha value is -2.66. The molecule has 0 radical (unpaired) electrons. The molecule has 0 saturated heterocycles. The van der Waals surface area contributed by atoms with Gasteiger partial charge in [-0.2, -0.15) is 0 Å². The van der Waals surface area contributed by atoms with E-state index in [2.05, 4.69) is 10.6 Å². The van der Waals surface area contributed by atoms with E-state index in [0.29, 0.717) is 35.9 Å². The van der Waals surface area contributed by atoms with Gasteiger partial charge in [0.2, 0.25) is 0 Å². The summed E-state index contributed by atoms with van der Waals surface area (Å²) >= 11 is 0. The predicted molar refractivity (Wildman–Crippen MR) is 114 cm³/mol. The van der Waals surface area contributed by atoms with Crippen molar-refractivity contribution in [2.24, 2.45) is 11.8 Å². The van der Waals surface area contributed by atoms with Crippen LogP contribution in [-0.4, -0.2) is 28.1 Å². The van der Waals surface area contributed by atoms with Crippen molar-refractivity contribution in [1.82, 2.24) is 10.6 Å². The fraction of sp³-hybridized carbons (Fsp3) is 0.440. The molecule has 2 aromatic rings. The highest BCUT2D eigenvalue weighted by Crippen LogP contribution is 2.57. The molecule has 5 heteroatoms. The van der Waals surface area contributed by atoms with Gasteiger partial charge in [0.25, 0.3) is 11.8 Å². The topological polar surface area (TPSA) is 78.4 Å². The maximum atomic E-state index is 12.9. The predicted octanol–water partition coefficient (Wildman–Crippen LogP) is 3.43. The third-order valence-corrected chi connectivity index (χ3v) is 7.11. The van der Waals surface area contributed by atoms with Crippen LogP contribution in [0.5, 0.6) is 0 Å². The summed E-state index contributed by atoms with van der Waals surface area (Å²) in [6, 6.07) is 16.5. The summed E-state index contributed by atoms with van der Waals surface area (Å²) in [5.74, 6) is 0.886. The van der Waals surface area contributed by atoms with E-state index in [1.54, 1.807) is 12.1 Å². The van der Waals surface area contributed by atoms with Crippen molar-refractivity contribution in [1.29, 1.82) is 0 Å². The number of carbonyl (C=O) groups is 2. The third-order valence-electron chi connectivity index (χ3n) is 7.11. The van der Waals surface area contributed by atoms with E-state index in [1.165, 1.54) is 6.42 Å². The smallest absolute Gasteiger partial charge is 0.251 e. The molecule has 4 bridgehead atoms. The maximum absolute atomic E-state index is 12.9. The van der Waals surface area contributed by atoms with Gasteiger partial charge in [-0.15, -0.1) is 0 Å². The van der Waals surface area contributed by atoms with E-state index in [1.807, 2.05) is 42.5 Å². The van der Waals surface area contributed by atoms with Crippen molar-refractivity contribution >= 4 is 11.8 Å². The lowest BCUT2D eigenvalue weighted by molar-refractivity contribution is -0.139. The first-order valence-electron chi connectivity index (χ1n) is 10.9. The molecule has 2 atom stereocenters.